The second-order valence-corrected chi connectivity index (χ2v) is 10.1. The monoisotopic (exact) mass is 433 g/mol. The van der Waals surface area contributed by atoms with Crippen LogP contribution in [-0.4, -0.2) is 47.4 Å². The molecule has 0 bridgehead atoms. The Kier molecular flexibility index (Phi) is 8.74. The average molecular weight is 434 g/mol. The van der Waals surface area contributed by atoms with E-state index in [2.05, 4.69) is 16.7 Å². The van der Waals surface area contributed by atoms with Crippen LogP contribution in [0.25, 0.3) is 0 Å². The van der Waals surface area contributed by atoms with Crippen molar-refractivity contribution in [3.8, 4) is 0 Å². The first-order valence-corrected chi connectivity index (χ1v) is 11.2. The van der Waals surface area contributed by atoms with Crippen LogP contribution in [0.5, 0.6) is 0 Å². The number of ether oxygens (including phenoxy) is 2. The van der Waals surface area contributed by atoms with E-state index >= 15 is 0 Å². The van der Waals surface area contributed by atoms with E-state index in [4.69, 9.17) is 9.47 Å². The van der Waals surface area contributed by atoms with E-state index in [0.29, 0.717) is 25.7 Å². The molecule has 1 fully saturated rings. The van der Waals surface area contributed by atoms with Gasteiger partial charge in [-0.15, -0.1) is 0 Å². The maximum Gasteiger partial charge on any atom is 0.410 e. The third kappa shape index (κ3) is 9.59. The van der Waals surface area contributed by atoms with Crippen molar-refractivity contribution < 1.29 is 19.1 Å². The summed E-state index contributed by atoms with van der Waals surface area (Å²) < 4.78 is 10.8. The summed E-state index contributed by atoms with van der Waals surface area (Å²) >= 11 is 0. The number of nitrogens with one attached hydrogen (secondary N) is 2. The zero-order chi connectivity index (χ0) is 23.1. The minimum absolute atomic E-state index is 0.230. The lowest BCUT2D eigenvalue weighted by atomic mass is 10.1. The lowest BCUT2D eigenvalue weighted by molar-refractivity contribution is 0.0255. The maximum absolute atomic E-state index is 12.3. The topological polar surface area (TPSA) is 79.9 Å². The number of benzene rings is 1. The number of alkyl carbamates (subject to hydrolysis) is 1. The van der Waals surface area contributed by atoms with Crippen molar-refractivity contribution in [1.82, 2.24) is 15.5 Å². The van der Waals surface area contributed by atoms with Crippen molar-refractivity contribution in [3.05, 3.63) is 35.4 Å². The molecule has 7 heteroatoms. The molecular formula is C24H39N3O4. The first-order valence-electron chi connectivity index (χ1n) is 11.2. The summed E-state index contributed by atoms with van der Waals surface area (Å²) in [7, 11) is 0. The number of carbonyl (C=O) groups excluding carboxylic acids is 2. The molecule has 2 N–H and O–H groups in total. The smallest absolute Gasteiger partial charge is 0.410 e. The summed E-state index contributed by atoms with van der Waals surface area (Å²) in [6, 6.07) is 8.40. The summed E-state index contributed by atoms with van der Waals surface area (Å²) in [6.45, 7) is 13.8. The Labute approximate surface area is 186 Å². The lowest BCUT2D eigenvalue weighted by Crippen LogP contribution is -2.38. The summed E-state index contributed by atoms with van der Waals surface area (Å²) in [5, 5.41) is 6.46. The highest BCUT2D eigenvalue weighted by Crippen LogP contribution is 2.17. The van der Waals surface area contributed by atoms with E-state index < -0.39 is 17.3 Å². The molecule has 0 aliphatic carbocycles. The molecule has 0 spiro atoms. The summed E-state index contributed by atoms with van der Waals surface area (Å²) in [5.74, 6) is 0. The van der Waals surface area contributed by atoms with Gasteiger partial charge in [0, 0.05) is 32.2 Å². The second-order valence-electron chi connectivity index (χ2n) is 10.1. The molecule has 0 aromatic heterocycles. The molecule has 2 amide bonds. The third-order valence-electron chi connectivity index (χ3n) is 4.90. The van der Waals surface area contributed by atoms with Gasteiger partial charge in [0.1, 0.15) is 11.2 Å². The van der Waals surface area contributed by atoms with Crippen molar-refractivity contribution >= 4 is 12.2 Å². The zero-order valence-corrected chi connectivity index (χ0v) is 19.9. The zero-order valence-electron chi connectivity index (χ0n) is 19.9. The highest BCUT2D eigenvalue weighted by molar-refractivity contribution is 5.68. The SMILES string of the molecule is CC(C)(C)OC(=O)NCc1ccccc1CNC1CCCN(C(=O)OC(C)(C)C)CC1. The van der Waals surface area contributed by atoms with E-state index in [9.17, 15) is 9.59 Å². The van der Waals surface area contributed by atoms with E-state index in [1.54, 1.807) is 0 Å². The molecule has 1 unspecified atom stereocenters. The van der Waals surface area contributed by atoms with Gasteiger partial charge in [-0.25, -0.2) is 9.59 Å². The molecule has 1 aromatic rings. The molecule has 1 atom stereocenters. The fourth-order valence-corrected chi connectivity index (χ4v) is 3.45. The molecule has 2 rings (SSSR count). The molecule has 0 radical (unpaired) electrons. The summed E-state index contributed by atoms with van der Waals surface area (Å²) in [6.07, 6.45) is 2.20. The van der Waals surface area contributed by atoms with Crippen LogP contribution in [-0.2, 0) is 22.6 Å². The fraction of sp³-hybridized carbons (Fsp3) is 0.667. The van der Waals surface area contributed by atoms with Crippen LogP contribution in [0.2, 0.25) is 0 Å². The van der Waals surface area contributed by atoms with Crippen molar-refractivity contribution in [2.45, 2.75) is 91.1 Å². The Hall–Kier alpha value is -2.28. The summed E-state index contributed by atoms with van der Waals surface area (Å²) in [4.78, 5) is 26.1. The molecule has 1 saturated heterocycles. The Morgan fingerprint density at radius 1 is 0.935 bits per heavy atom. The molecule has 174 valence electrons. The number of amides is 2. The number of nitrogens with zero attached hydrogens (tertiary/aromatic N) is 1. The highest BCUT2D eigenvalue weighted by Gasteiger charge is 2.25. The largest absolute Gasteiger partial charge is 0.444 e. The van der Waals surface area contributed by atoms with Gasteiger partial charge in [0.25, 0.3) is 0 Å². The van der Waals surface area contributed by atoms with Gasteiger partial charge >= 0.3 is 12.2 Å². The first-order chi connectivity index (χ1) is 14.4. The third-order valence-corrected chi connectivity index (χ3v) is 4.90. The van der Waals surface area contributed by atoms with Gasteiger partial charge < -0.3 is 25.0 Å². The molecule has 7 nitrogen and oxygen atoms in total. The number of hydrogen-bond acceptors (Lipinski definition) is 5. The van der Waals surface area contributed by atoms with Gasteiger partial charge in [0.05, 0.1) is 0 Å². The fourth-order valence-electron chi connectivity index (χ4n) is 3.45. The van der Waals surface area contributed by atoms with Gasteiger partial charge in [-0.1, -0.05) is 24.3 Å². The van der Waals surface area contributed by atoms with E-state index in [-0.39, 0.29) is 6.09 Å². The van der Waals surface area contributed by atoms with Gasteiger partial charge in [-0.05, 0) is 71.9 Å². The van der Waals surface area contributed by atoms with Crippen molar-refractivity contribution in [2.24, 2.45) is 0 Å². The molecule has 1 aromatic carbocycles. The van der Waals surface area contributed by atoms with Crippen molar-refractivity contribution in [1.29, 1.82) is 0 Å². The number of likely N-dealkylation sites (tertiary alicyclic amines) is 1. The number of carbonyl (C=O) groups is 2. The van der Waals surface area contributed by atoms with Crippen LogP contribution in [0.4, 0.5) is 9.59 Å². The first kappa shape index (κ1) is 25.0. The normalized spacial score (nSPS) is 17.6. The molecule has 1 aliphatic heterocycles. The van der Waals surface area contributed by atoms with Gasteiger partial charge in [-0.3, -0.25) is 0 Å². The van der Waals surface area contributed by atoms with E-state index in [1.807, 2.05) is 64.6 Å². The number of rotatable bonds is 5. The van der Waals surface area contributed by atoms with Crippen LogP contribution < -0.4 is 10.6 Å². The molecular weight excluding hydrogens is 394 g/mol. The quantitative estimate of drug-likeness (QED) is 0.710. The van der Waals surface area contributed by atoms with Gasteiger partial charge in [0.15, 0.2) is 0 Å². The Morgan fingerprint density at radius 3 is 2.16 bits per heavy atom. The number of hydrogen-bond donors (Lipinski definition) is 2. The van der Waals surface area contributed by atoms with Gasteiger partial charge in [-0.2, -0.15) is 0 Å². The van der Waals surface area contributed by atoms with Gasteiger partial charge in [0.2, 0.25) is 0 Å². The van der Waals surface area contributed by atoms with E-state index in [1.165, 1.54) is 0 Å². The van der Waals surface area contributed by atoms with E-state index in [0.717, 1.165) is 36.9 Å². The summed E-state index contributed by atoms with van der Waals surface area (Å²) in [5.41, 5.74) is 1.22. The molecule has 0 saturated carbocycles. The Balaban J connectivity index is 1.85. The van der Waals surface area contributed by atoms with Crippen molar-refractivity contribution in [3.63, 3.8) is 0 Å². The Morgan fingerprint density at radius 2 is 1.55 bits per heavy atom. The lowest BCUT2D eigenvalue weighted by Gasteiger charge is -2.26. The molecule has 1 heterocycles. The second kappa shape index (κ2) is 10.8. The van der Waals surface area contributed by atoms with Crippen LogP contribution in [0.1, 0.15) is 71.9 Å². The molecule has 1 aliphatic rings. The van der Waals surface area contributed by atoms with Crippen LogP contribution in [0.3, 0.4) is 0 Å². The predicted octanol–water partition coefficient (Wildman–Crippen LogP) is 4.59. The Bertz CT molecular complexity index is 737. The molecule has 31 heavy (non-hydrogen) atoms. The average Bonchev–Trinajstić information content (AvgIpc) is 2.88. The maximum atomic E-state index is 12.3. The minimum Gasteiger partial charge on any atom is -0.444 e. The minimum atomic E-state index is -0.516. The van der Waals surface area contributed by atoms with Crippen LogP contribution >= 0.6 is 0 Å². The standard InChI is InChI=1S/C24H39N3O4/c1-23(2,3)30-21(28)26-17-19-11-8-7-10-18(19)16-25-20-12-9-14-27(15-13-20)22(29)31-24(4,5)6/h7-8,10-11,20,25H,9,12-17H2,1-6H3,(H,26,28). The van der Waals surface area contributed by atoms with Crippen molar-refractivity contribution in [2.75, 3.05) is 13.1 Å². The van der Waals surface area contributed by atoms with Crippen LogP contribution in [0.15, 0.2) is 24.3 Å². The predicted molar refractivity (Wildman–Crippen MR) is 122 cm³/mol. The highest BCUT2D eigenvalue weighted by atomic mass is 16.6. The van der Waals surface area contributed by atoms with Crippen LogP contribution in [0, 0.1) is 0 Å².